The molecule has 0 radical (unpaired) electrons. The second-order valence-corrected chi connectivity index (χ2v) is 5.10. The second kappa shape index (κ2) is 5.83. The van der Waals surface area contributed by atoms with Gasteiger partial charge in [-0.2, -0.15) is 0 Å². The number of hydrogen-bond acceptors (Lipinski definition) is 5. The van der Waals surface area contributed by atoms with Gasteiger partial charge in [0.15, 0.2) is 0 Å². The van der Waals surface area contributed by atoms with Crippen molar-refractivity contribution in [2.24, 2.45) is 10.9 Å². The van der Waals surface area contributed by atoms with E-state index in [0.717, 1.165) is 17.4 Å². The molecule has 8 heteroatoms. The van der Waals surface area contributed by atoms with Gasteiger partial charge in [0.2, 0.25) is 6.08 Å². The molecule has 1 saturated carbocycles. The Hall–Kier alpha value is -2.21. The van der Waals surface area contributed by atoms with Gasteiger partial charge in [-0.15, -0.1) is 0 Å². The molecule has 1 aromatic rings. The van der Waals surface area contributed by atoms with Gasteiger partial charge < -0.3 is 0 Å². The highest BCUT2D eigenvalue weighted by Crippen LogP contribution is 2.33. The van der Waals surface area contributed by atoms with Gasteiger partial charge in [0.1, 0.15) is 0 Å². The number of rotatable bonds is 3. The lowest BCUT2D eigenvalue weighted by Crippen LogP contribution is -2.46. The van der Waals surface area contributed by atoms with E-state index in [2.05, 4.69) is 15.0 Å². The lowest BCUT2D eigenvalue weighted by Gasteiger charge is -2.31. The lowest BCUT2D eigenvalue weighted by atomic mass is 9.82. The molecule has 0 amide bonds. The molecule has 1 heterocycles. The molecular formula is C12H16N4O4. The molecule has 3 atom stereocenters. The zero-order valence-corrected chi connectivity index (χ0v) is 11.1. The molecule has 3 unspecified atom stereocenters. The number of aliphatic imine (C=N–C) groups is 1. The molecule has 0 saturated heterocycles. The van der Waals surface area contributed by atoms with Gasteiger partial charge in [0.25, 0.3) is 0 Å². The topological polar surface area (TPSA) is 117 Å². The van der Waals surface area contributed by atoms with Crippen molar-refractivity contribution in [2.75, 3.05) is 0 Å². The summed E-state index contributed by atoms with van der Waals surface area (Å²) in [6, 6.07) is -0.473. The first-order valence-corrected chi connectivity index (χ1v) is 6.55. The summed E-state index contributed by atoms with van der Waals surface area (Å²) in [6.45, 7) is 1.82. The van der Waals surface area contributed by atoms with Gasteiger partial charge in [-0.25, -0.2) is 28.7 Å². The average molecular weight is 280 g/mol. The Balaban J connectivity index is 2.30. The van der Waals surface area contributed by atoms with Crippen molar-refractivity contribution in [1.82, 2.24) is 14.5 Å². The molecule has 108 valence electrons. The third-order valence-corrected chi connectivity index (χ3v) is 3.87. The van der Waals surface area contributed by atoms with Crippen LogP contribution in [0.5, 0.6) is 0 Å². The number of H-pyrrole nitrogens is 2. The van der Waals surface area contributed by atoms with E-state index in [0.29, 0.717) is 12.8 Å². The van der Waals surface area contributed by atoms with Crippen LogP contribution in [0.25, 0.3) is 0 Å². The van der Waals surface area contributed by atoms with Crippen molar-refractivity contribution in [3.05, 3.63) is 31.5 Å². The highest BCUT2D eigenvalue weighted by molar-refractivity contribution is 5.33. The van der Waals surface area contributed by atoms with E-state index >= 15 is 0 Å². The number of nitrogens with one attached hydrogen (secondary N) is 2. The van der Waals surface area contributed by atoms with Crippen LogP contribution in [-0.4, -0.2) is 26.7 Å². The van der Waals surface area contributed by atoms with Gasteiger partial charge in [-0.3, -0.25) is 9.97 Å². The molecule has 1 aromatic heterocycles. The third kappa shape index (κ3) is 2.85. The Labute approximate surface area is 113 Å². The van der Waals surface area contributed by atoms with Crippen LogP contribution in [0, 0.1) is 5.92 Å². The zero-order valence-electron chi connectivity index (χ0n) is 11.1. The quantitative estimate of drug-likeness (QED) is 0.582. The van der Waals surface area contributed by atoms with Crippen LogP contribution in [-0.2, 0) is 4.79 Å². The van der Waals surface area contributed by atoms with Crippen molar-refractivity contribution in [2.45, 2.75) is 44.7 Å². The van der Waals surface area contributed by atoms with Crippen molar-refractivity contribution in [1.29, 1.82) is 0 Å². The predicted octanol–water partition coefficient (Wildman–Crippen LogP) is -0.319. The Kier molecular flexibility index (Phi) is 4.14. The molecule has 1 aliphatic carbocycles. The van der Waals surface area contributed by atoms with E-state index in [9.17, 15) is 19.2 Å². The summed E-state index contributed by atoms with van der Waals surface area (Å²) in [5, 5.41) is 0. The first-order valence-electron chi connectivity index (χ1n) is 6.55. The summed E-state index contributed by atoms with van der Waals surface area (Å²) < 4.78 is 1.05. The smallest absolute Gasteiger partial charge is 0.259 e. The molecule has 0 bridgehead atoms. The van der Waals surface area contributed by atoms with Crippen LogP contribution in [0.4, 0.5) is 0 Å². The molecule has 2 N–H and O–H groups in total. The molecule has 0 spiro atoms. The summed E-state index contributed by atoms with van der Waals surface area (Å²) in [7, 11) is 0. The highest BCUT2D eigenvalue weighted by Gasteiger charge is 2.28. The summed E-state index contributed by atoms with van der Waals surface area (Å²) in [5.74, 6) is 0.119. The Bertz CT molecular complexity index is 660. The SMILES string of the molecule is CC(N=C=O)C1CCCC(n2c(=O)[nH]c(=O)[nH]c2=O)C1. The van der Waals surface area contributed by atoms with Crippen LogP contribution in [0.1, 0.15) is 38.6 Å². The van der Waals surface area contributed by atoms with Crippen LogP contribution >= 0.6 is 0 Å². The Morgan fingerprint density at radius 3 is 2.50 bits per heavy atom. The van der Waals surface area contributed by atoms with E-state index in [4.69, 9.17) is 0 Å². The molecule has 8 nitrogen and oxygen atoms in total. The minimum atomic E-state index is -0.803. The Morgan fingerprint density at radius 1 is 1.25 bits per heavy atom. The number of nitrogens with zero attached hydrogens (tertiary/aromatic N) is 2. The predicted molar refractivity (Wildman–Crippen MR) is 70.5 cm³/mol. The largest absolute Gasteiger partial charge is 0.333 e. The van der Waals surface area contributed by atoms with E-state index in [1.54, 1.807) is 6.08 Å². The summed E-state index contributed by atoms with van der Waals surface area (Å²) in [4.78, 5) is 52.7. The minimum absolute atomic E-state index is 0.119. The molecule has 20 heavy (non-hydrogen) atoms. The van der Waals surface area contributed by atoms with E-state index in [1.165, 1.54) is 0 Å². The van der Waals surface area contributed by atoms with E-state index in [1.807, 2.05) is 6.92 Å². The highest BCUT2D eigenvalue weighted by atomic mass is 16.2. The van der Waals surface area contributed by atoms with E-state index < -0.39 is 17.1 Å². The van der Waals surface area contributed by atoms with Crippen molar-refractivity contribution in [3.63, 3.8) is 0 Å². The maximum absolute atomic E-state index is 11.8. The van der Waals surface area contributed by atoms with Gasteiger partial charge >= 0.3 is 17.1 Å². The van der Waals surface area contributed by atoms with E-state index in [-0.39, 0.29) is 18.0 Å². The average Bonchev–Trinajstić information content (AvgIpc) is 2.38. The van der Waals surface area contributed by atoms with Gasteiger partial charge in [-0.1, -0.05) is 6.42 Å². The Morgan fingerprint density at radius 2 is 1.90 bits per heavy atom. The first-order chi connectivity index (χ1) is 9.52. The zero-order chi connectivity index (χ0) is 14.7. The monoisotopic (exact) mass is 280 g/mol. The van der Waals surface area contributed by atoms with Crippen LogP contribution in [0.2, 0.25) is 0 Å². The van der Waals surface area contributed by atoms with Crippen LogP contribution < -0.4 is 17.1 Å². The second-order valence-electron chi connectivity index (χ2n) is 5.10. The van der Waals surface area contributed by atoms with Gasteiger partial charge in [-0.05, 0) is 32.1 Å². The molecule has 0 aromatic carbocycles. The number of hydrogen-bond donors (Lipinski definition) is 2. The molecule has 1 fully saturated rings. The fourth-order valence-electron chi connectivity index (χ4n) is 2.83. The van der Waals surface area contributed by atoms with Gasteiger partial charge in [0, 0.05) is 6.04 Å². The number of isocyanates is 1. The van der Waals surface area contributed by atoms with Crippen LogP contribution in [0.3, 0.4) is 0 Å². The minimum Gasteiger partial charge on any atom is -0.259 e. The lowest BCUT2D eigenvalue weighted by molar-refractivity contribution is 0.232. The van der Waals surface area contributed by atoms with Crippen molar-refractivity contribution >= 4 is 6.08 Å². The summed E-state index contributed by atoms with van der Waals surface area (Å²) >= 11 is 0. The number of aromatic amines is 2. The fraction of sp³-hybridized carbons (Fsp3) is 0.667. The summed E-state index contributed by atoms with van der Waals surface area (Å²) in [6.07, 6.45) is 4.52. The summed E-state index contributed by atoms with van der Waals surface area (Å²) in [5.41, 5.74) is -2.20. The van der Waals surface area contributed by atoms with Crippen LogP contribution in [0.15, 0.2) is 19.4 Å². The number of aromatic nitrogens is 3. The normalized spacial score (nSPS) is 23.9. The van der Waals surface area contributed by atoms with Crippen molar-refractivity contribution < 1.29 is 4.79 Å². The number of carbonyl (C=O) groups excluding carboxylic acids is 1. The maximum Gasteiger partial charge on any atom is 0.333 e. The molecule has 1 aliphatic rings. The maximum atomic E-state index is 11.8. The fourth-order valence-corrected chi connectivity index (χ4v) is 2.83. The molecule has 0 aliphatic heterocycles. The standard InChI is InChI=1S/C12H16N4O4/c1-7(13-6-17)8-3-2-4-9(5-8)16-11(19)14-10(18)15-12(16)20/h7-9H,2-5H2,1H3,(H2,14,15,18,19,20). The third-order valence-electron chi connectivity index (χ3n) is 3.87. The first kappa shape index (κ1) is 14.2. The molecular weight excluding hydrogens is 264 g/mol. The molecule has 2 rings (SSSR count). The van der Waals surface area contributed by atoms with Crippen molar-refractivity contribution in [3.8, 4) is 0 Å². The van der Waals surface area contributed by atoms with Gasteiger partial charge in [0.05, 0.1) is 6.04 Å².